The monoisotopic (exact) mass is 198 g/mol. The molecule has 1 fully saturated rings. The van der Waals surface area contributed by atoms with Crippen molar-refractivity contribution in [2.45, 2.75) is 65.2 Å². The molecular formula is C12H26N2. The van der Waals surface area contributed by atoms with Crippen LogP contribution >= 0.6 is 0 Å². The molecule has 0 N–H and O–H groups in total. The Balaban J connectivity index is 2.59. The summed E-state index contributed by atoms with van der Waals surface area (Å²) in [5.41, 5.74) is 0. The minimum Gasteiger partial charge on any atom is -0.299 e. The first kappa shape index (κ1) is 12.0. The SMILES string of the molecule is CC(C)N(C)C1CCN(C(C)C)C1C. The van der Waals surface area contributed by atoms with Crippen molar-refractivity contribution in [2.75, 3.05) is 13.6 Å². The molecule has 1 saturated heterocycles. The zero-order valence-electron chi connectivity index (χ0n) is 10.6. The van der Waals surface area contributed by atoms with Gasteiger partial charge >= 0.3 is 0 Å². The van der Waals surface area contributed by atoms with Gasteiger partial charge in [-0.1, -0.05) is 0 Å². The van der Waals surface area contributed by atoms with Gasteiger partial charge in [0, 0.05) is 30.7 Å². The Bertz CT molecular complexity index is 177. The number of rotatable bonds is 3. The maximum atomic E-state index is 2.61. The highest BCUT2D eigenvalue weighted by Crippen LogP contribution is 2.24. The Morgan fingerprint density at radius 2 is 1.79 bits per heavy atom. The van der Waals surface area contributed by atoms with Gasteiger partial charge in [0.05, 0.1) is 0 Å². The molecule has 0 bridgehead atoms. The van der Waals surface area contributed by atoms with Gasteiger partial charge in [0.25, 0.3) is 0 Å². The Hall–Kier alpha value is -0.0800. The summed E-state index contributed by atoms with van der Waals surface area (Å²) in [7, 11) is 2.26. The summed E-state index contributed by atoms with van der Waals surface area (Å²) in [6.07, 6.45) is 1.33. The molecule has 0 aliphatic carbocycles. The molecule has 1 aliphatic heterocycles. The second kappa shape index (κ2) is 4.63. The van der Waals surface area contributed by atoms with Crippen LogP contribution in [0.25, 0.3) is 0 Å². The van der Waals surface area contributed by atoms with E-state index in [1.54, 1.807) is 0 Å². The Kier molecular flexibility index (Phi) is 3.96. The van der Waals surface area contributed by atoms with E-state index in [9.17, 15) is 0 Å². The number of hydrogen-bond donors (Lipinski definition) is 0. The van der Waals surface area contributed by atoms with E-state index < -0.39 is 0 Å². The molecule has 1 aliphatic rings. The molecule has 0 aromatic rings. The van der Waals surface area contributed by atoms with Gasteiger partial charge in [0.15, 0.2) is 0 Å². The summed E-state index contributed by atoms with van der Waals surface area (Å²) < 4.78 is 0. The third-order valence-corrected chi connectivity index (χ3v) is 3.76. The summed E-state index contributed by atoms with van der Waals surface area (Å²) in [6, 6.07) is 2.81. The molecule has 2 nitrogen and oxygen atoms in total. The van der Waals surface area contributed by atoms with Crippen molar-refractivity contribution in [1.29, 1.82) is 0 Å². The molecule has 0 spiro atoms. The molecule has 0 amide bonds. The number of likely N-dealkylation sites (N-methyl/N-ethyl adjacent to an activating group) is 1. The van der Waals surface area contributed by atoms with Gasteiger partial charge in [-0.05, 0) is 48.1 Å². The largest absolute Gasteiger partial charge is 0.299 e. The smallest absolute Gasteiger partial charge is 0.0260 e. The predicted molar refractivity (Wildman–Crippen MR) is 62.6 cm³/mol. The van der Waals surface area contributed by atoms with Crippen LogP contribution in [0.5, 0.6) is 0 Å². The molecule has 1 heterocycles. The van der Waals surface area contributed by atoms with Crippen LogP contribution in [0.15, 0.2) is 0 Å². The van der Waals surface area contributed by atoms with E-state index in [1.807, 2.05) is 0 Å². The summed E-state index contributed by atoms with van der Waals surface area (Å²) in [5, 5.41) is 0. The Morgan fingerprint density at radius 3 is 2.14 bits per heavy atom. The predicted octanol–water partition coefficient (Wildman–Crippen LogP) is 2.20. The van der Waals surface area contributed by atoms with E-state index in [0.717, 1.165) is 6.04 Å². The van der Waals surface area contributed by atoms with Gasteiger partial charge in [0.2, 0.25) is 0 Å². The van der Waals surface area contributed by atoms with Gasteiger partial charge in [-0.3, -0.25) is 9.80 Å². The van der Waals surface area contributed by atoms with Crippen molar-refractivity contribution in [2.24, 2.45) is 0 Å². The van der Waals surface area contributed by atoms with Crippen LogP contribution in [0.1, 0.15) is 41.0 Å². The molecule has 2 atom stereocenters. The quantitative estimate of drug-likeness (QED) is 0.686. The van der Waals surface area contributed by atoms with Crippen LogP contribution in [-0.4, -0.2) is 47.6 Å². The van der Waals surface area contributed by atoms with E-state index in [4.69, 9.17) is 0 Å². The van der Waals surface area contributed by atoms with Crippen LogP contribution in [0, 0.1) is 0 Å². The first-order valence-electron chi connectivity index (χ1n) is 5.92. The third kappa shape index (κ3) is 2.29. The average Bonchev–Trinajstić information content (AvgIpc) is 2.45. The van der Waals surface area contributed by atoms with E-state index in [0.29, 0.717) is 18.1 Å². The Labute approximate surface area is 89.3 Å². The first-order chi connectivity index (χ1) is 6.45. The molecule has 1 rings (SSSR count). The fourth-order valence-electron chi connectivity index (χ4n) is 2.60. The topological polar surface area (TPSA) is 6.48 Å². The van der Waals surface area contributed by atoms with Crippen LogP contribution in [0.4, 0.5) is 0 Å². The van der Waals surface area contributed by atoms with Gasteiger partial charge in [0.1, 0.15) is 0 Å². The highest BCUT2D eigenvalue weighted by molar-refractivity contribution is 4.91. The lowest BCUT2D eigenvalue weighted by atomic mass is 10.1. The first-order valence-corrected chi connectivity index (χ1v) is 5.92. The molecule has 0 aromatic heterocycles. The standard InChI is InChI=1S/C12H26N2/c1-9(2)13(6)12-7-8-14(10(3)4)11(12)5/h9-12H,7-8H2,1-6H3. The van der Waals surface area contributed by atoms with E-state index >= 15 is 0 Å². The van der Waals surface area contributed by atoms with Gasteiger partial charge in [-0.2, -0.15) is 0 Å². The summed E-state index contributed by atoms with van der Waals surface area (Å²) in [5.74, 6) is 0. The van der Waals surface area contributed by atoms with Gasteiger partial charge < -0.3 is 0 Å². The molecular weight excluding hydrogens is 172 g/mol. The average molecular weight is 198 g/mol. The van der Waals surface area contributed by atoms with Crippen molar-refractivity contribution in [3.63, 3.8) is 0 Å². The van der Waals surface area contributed by atoms with Crippen molar-refractivity contribution < 1.29 is 0 Å². The van der Waals surface area contributed by atoms with Crippen molar-refractivity contribution >= 4 is 0 Å². The summed E-state index contributed by atoms with van der Waals surface area (Å²) >= 11 is 0. The highest BCUT2D eigenvalue weighted by atomic mass is 15.3. The number of likely N-dealkylation sites (tertiary alicyclic amines) is 1. The second-order valence-electron chi connectivity index (χ2n) is 5.19. The van der Waals surface area contributed by atoms with Crippen LogP contribution in [0.3, 0.4) is 0 Å². The van der Waals surface area contributed by atoms with Crippen LogP contribution in [-0.2, 0) is 0 Å². The lowest BCUT2D eigenvalue weighted by Gasteiger charge is -2.34. The van der Waals surface area contributed by atoms with Crippen molar-refractivity contribution in [3.05, 3.63) is 0 Å². The molecule has 84 valence electrons. The molecule has 2 heteroatoms. The zero-order valence-corrected chi connectivity index (χ0v) is 10.6. The van der Waals surface area contributed by atoms with E-state index in [1.165, 1.54) is 13.0 Å². The third-order valence-electron chi connectivity index (χ3n) is 3.76. The Morgan fingerprint density at radius 1 is 1.21 bits per heavy atom. The van der Waals surface area contributed by atoms with E-state index in [-0.39, 0.29) is 0 Å². The number of hydrogen-bond acceptors (Lipinski definition) is 2. The second-order valence-corrected chi connectivity index (χ2v) is 5.19. The summed E-state index contributed by atoms with van der Waals surface area (Å²) in [4.78, 5) is 5.14. The number of nitrogens with zero attached hydrogens (tertiary/aromatic N) is 2. The normalized spacial score (nSPS) is 29.8. The minimum absolute atomic E-state index is 0.662. The maximum Gasteiger partial charge on any atom is 0.0260 e. The molecule has 0 saturated carbocycles. The minimum atomic E-state index is 0.662. The lowest BCUT2D eigenvalue weighted by Crippen LogP contribution is -2.46. The van der Waals surface area contributed by atoms with Gasteiger partial charge in [-0.15, -0.1) is 0 Å². The van der Waals surface area contributed by atoms with Crippen molar-refractivity contribution in [3.8, 4) is 0 Å². The fraction of sp³-hybridized carbons (Fsp3) is 1.00. The maximum absolute atomic E-state index is 2.61. The molecule has 0 aromatic carbocycles. The molecule has 2 unspecified atom stereocenters. The highest BCUT2D eigenvalue weighted by Gasteiger charge is 2.34. The zero-order chi connectivity index (χ0) is 10.9. The van der Waals surface area contributed by atoms with Crippen molar-refractivity contribution in [1.82, 2.24) is 9.80 Å². The van der Waals surface area contributed by atoms with Crippen LogP contribution < -0.4 is 0 Å². The fourth-order valence-corrected chi connectivity index (χ4v) is 2.60. The molecule has 0 radical (unpaired) electrons. The lowest BCUT2D eigenvalue weighted by molar-refractivity contribution is 0.132. The molecule has 14 heavy (non-hydrogen) atoms. The van der Waals surface area contributed by atoms with Gasteiger partial charge in [-0.25, -0.2) is 0 Å². The van der Waals surface area contributed by atoms with Crippen LogP contribution in [0.2, 0.25) is 0 Å². The summed E-state index contributed by atoms with van der Waals surface area (Å²) in [6.45, 7) is 12.8. The van der Waals surface area contributed by atoms with E-state index in [2.05, 4.69) is 51.5 Å².